The molecule has 1 heterocycles. The van der Waals surface area contributed by atoms with Crippen LogP contribution in [0.1, 0.15) is 46.1 Å². The molecule has 0 aliphatic heterocycles. The summed E-state index contributed by atoms with van der Waals surface area (Å²) >= 11 is 0. The summed E-state index contributed by atoms with van der Waals surface area (Å²) in [5.41, 5.74) is 7.65. The lowest BCUT2D eigenvalue weighted by Crippen LogP contribution is -2.18. The average Bonchev–Trinajstić information content (AvgIpc) is 2.96. The Kier molecular flexibility index (Phi) is 8.47. The Morgan fingerprint density at radius 3 is 2.33 bits per heavy atom. The van der Waals surface area contributed by atoms with Crippen molar-refractivity contribution in [2.75, 3.05) is 17.7 Å². The third-order valence-corrected chi connectivity index (χ3v) is 6.87. The summed E-state index contributed by atoms with van der Waals surface area (Å²) in [5, 5.41) is 7.49. The molecule has 0 spiro atoms. The summed E-state index contributed by atoms with van der Waals surface area (Å²) < 4.78 is 0. The SMILES string of the molecule is CCCc1nc(Nc2ccc(C(=O)Nc3cc(CN(C)Cc4ccccc4)ccc3C)cc2)nc2ccccc12. The molecule has 0 atom stereocenters. The lowest BCUT2D eigenvalue weighted by Gasteiger charge is -2.18. The topological polar surface area (TPSA) is 70.2 Å². The Morgan fingerprint density at radius 2 is 1.55 bits per heavy atom. The van der Waals surface area contributed by atoms with Gasteiger partial charge in [0.25, 0.3) is 5.91 Å². The second kappa shape index (κ2) is 12.5. The Labute approximate surface area is 236 Å². The van der Waals surface area contributed by atoms with E-state index in [1.54, 1.807) is 0 Å². The Hall–Kier alpha value is -4.55. The second-order valence-corrected chi connectivity index (χ2v) is 10.2. The molecule has 0 radical (unpaired) electrons. The monoisotopic (exact) mass is 529 g/mol. The lowest BCUT2D eigenvalue weighted by atomic mass is 10.1. The molecule has 0 unspecified atom stereocenters. The molecule has 0 aliphatic rings. The number of carbonyl (C=O) groups excluding carboxylic acids is 1. The van der Waals surface area contributed by atoms with Gasteiger partial charge in [0.1, 0.15) is 0 Å². The maximum atomic E-state index is 13.1. The van der Waals surface area contributed by atoms with Crippen molar-refractivity contribution in [2.24, 2.45) is 0 Å². The zero-order chi connectivity index (χ0) is 27.9. The van der Waals surface area contributed by atoms with Crippen molar-refractivity contribution in [3.8, 4) is 0 Å². The van der Waals surface area contributed by atoms with E-state index >= 15 is 0 Å². The minimum absolute atomic E-state index is 0.142. The largest absolute Gasteiger partial charge is 0.324 e. The van der Waals surface area contributed by atoms with Crippen LogP contribution >= 0.6 is 0 Å². The van der Waals surface area contributed by atoms with Crippen LogP contribution in [-0.2, 0) is 19.5 Å². The van der Waals surface area contributed by atoms with E-state index in [0.29, 0.717) is 11.5 Å². The quantitative estimate of drug-likeness (QED) is 0.196. The molecule has 6 nitrogen and oxygen atoms in total. The molecule has 1 amide bonds. The predicted molar refractivity (Wildman–Crippen MR) is 164 cm³/mol. The molecule has 0 fully saturated rings. The number of carbonyl (C=O) groups is 1. The molecule has 1 aromatic heterocycles. The van der Waals surface area contributed by atoms with E-state index in [1.807, 2.05) is 55.5 Å². The normalized spacial score (nSPS) is 11.1. The van der Waals surface area contributed by atoms with Gasteiger partial charge in [-0.25, -0.2) is 9.97 Å². The maximum absolute atomic E-state index is 13.1. The molecule has 0 saturated heterocycles. The van der Waals surface area contributed by atoms with Crippen LogP contribution in [0.5, 0.6) is 0 Å². The number of nitrogens with one attached hydrogen (secondary N) is 2. The van der Waals surface area contributed by atoms with Crippen LogP contribution in [-0.4, -0.2) is 27.8 Å². The van der Waals surface area contributed by atoms with Crippen LogP contribution < -0.4 is 10.6 Å². The van der Waals surface area contributed by atoms with Crippen molar-refractivity contribution in [2.45, 2.75) is 39.8 Å². The summed E-state index contributed by atoms with van der Waals surface area (Å²) in [5.74, 6) is 0.417. The van der Waals surface area contributed by atoms with Gasteiger partial charge in [-0.2, -0.15) is 0 Å². The molecule has 202 valence electrons. The first-order valence-corrected chi connectivity index (χ1v) is 13.7. The number of nitrogens with zero attached hydrogens (tertiary/aromatic N) is 3. The number of hydrogen-bond acceptors (Lipinski definition) is 5. The van der Waals surface area contributed by atoms with E-state index in [9.17, 15) is 4.79 Å². The van der Waals surface area contributed by atoms with Gasteiger partial charge in [0.2, 0.25) is 5.95 Å². The molecule has 0 bridgehead atoms. The van der Waals surface area contributed by atoms with E-state index in [4.69, 9.17) is 4.98 Å². The van der Waals surface area contributed by atoms with Gasteiger partial charge in [-0.05, 0) is 73.5 Å². The van der Waals surface area contributed by atoms with Crippen LogP contribution in [0.25, 0.3) is 10.9 Å². The first kappa shape index (κ1) is 27.0. The maximum Gasteiger partial charge on any atom is 0.255 e. The Morgan fingerprint density at radius 1 is 0.825 bits per heavy atom. The van der Waals surface area contributed by atoms with Crippen molar-refractivity contribution in [3.05, 3.63) is 125 Å². The van der Waals surface area contributed by atoms with Gasteiger partial charge in [0.15, 0.2) is 0 Å². The van der Waals surface area contributed by atoms with Crippen molar-refractivity contribution < 1.29 is 4.79 Å². The highest BCUT2D eigenvalue weighted by Gasteiger charge is 2.11. The van der Waals surface area contributed by atoms with E-state index in [2.05, 4.69) is 83.0 Å². The van der Waals surface area contributed by atoms with Gasteiger partial charge in [0, 0.05) is 35.4 Å². The number of hydrogen-bond donors (Lipinski definition) is 2. The van der Waals surface area contributed by atoms with Gasteiger partial charge in [-0.1, -0.05) is 74.0 Å². The van der Waals surface area contributed by atoms with Crippen molar-refractivity contribution in [1.29, 1.82) is 0 Å². The van der Waals surface area contributed by atoms with Gasteiger partial charge in [-0.3, -0.25) is 9.69 Å². The van der Waals surface area contributed by atoms with E-state index in [-0.39, 0.29) is 5.91 Å². The molecule has 40 heavy (non-hydrogen) atoms. The molecule has 0 aliphatic carbocycles. The zero-order valence-corrected chi connectivity index (χ0v) is 23.3. The first-order valence-electron chi connectivity index (χ1n) is 13.7. The second-order valence-electron chi connectivity index (χ2n) is 10.2. The number of para-hydroxylation sites is 1. The van der Waals surface area contributed by atoms with E-state index < -0.39 is 0 Å². The van der Waals surface area contributed by atoms with Gasteiger partial charge in [-0.15, -0.1) is 0 Å². The van der Waals surface area contributed by atoms with Crippen LogP contribution in [0, 0.1) is 6.92 Å². The fraction of sp³-hybridized carbons (Fsp3) is 0.206. The lowest BCUT2D eigenvalue weighted by molar-refractivity contribution is 0.102. The van der Waals surface area contributed by atoms with Gasteiger partial charge < -0.3 is 10.6 Å². The summed E-state index contributed by atoms with van der Waals surface area (Å²) in [6.45, 7) is 5.81. The number of aryl methyl sites for hydroxylation is 2. The molecule has 4 aromatic carbocycles. The predicted octanol–water partition coefficient (Wildman–Crippen LogP) is 7.52. The third kappa shape index (κ3) is 6.71. The number of anilines is 3. The van der Waals surface area contributed by atoms with Crippen LogP contribution in [0.4, 0.5) is 17.3 Å². The fourth-order valence-electron chi connectivity index (χ4n) is 4.82. The highest BCUT2D eigenvalue weighted by Crippen LogP contribution is 2.23. The molecule has 2 N–H and O–H groups in total. The molecule has 5 aromatic rings. The number of rotatable bonds is 10. The van der Waals surface area contributed by atoms with Crippen molar-refractivity contribution in [3.63, 3.8) is 0 Å². The number of amides is 1. The standard InChI is InChI=1S/C34H35N5O/c1-4-10-30-29-13-8-9-14-31(29)38-34(37-30)35-28-19-17-27(18-20-28)33(40)36-32-21-26(16-15-24(32)2)23-39(3)22-25-11-6-5-7-12-25/h5-9,11-21H,4,10,22-23H2,1-3H3,(H,36,40)(H,35,37,38). The highest BCUT2D eigenvalue weighted by atomic mass is 16.1. The highest BCUT2D eigenvalue weighted by molar-refractivity contribution is 6.04. The molecule has 0 saturated carbocycles. The smallest absolute Gasteiger partial charge is 0.255 e. The first-order chi connectivity index (χ1) is 19.5. The Bertz CT molecular complexity index is 1600. The summed E-state index contributed by atoms with van der Waals surface area (Å²) in [6, 6.07) is 32.2. The van der Waals surface area contributed by atoms with E-state index in [0.717, 1.165) is 65.0 Å². The number of benzene rings is 4. The van der Waals surface area contributed by atoms with Gasteiger partial charge in [0.05, 0.1) is 11.2 Å². The number of aromatic nitrogens is 2. The molecular formula is C34H35N5O. The number of fused-ring (bicyclic) bond motifs is 1. The van der Waals surface area contributed by atoms with Crippen LogP contribution in [0.2, 0.25) is 0 Å². The van der Waals surface area contributed by atoms with Gasteiger partial charge >= 0.3 is 0 Å². The minimum Gasteiger partial charge on any atom is -0.324 e. The van der Waals surface area contributed by atoms with Crippen molar-refractivity contribution in [1.82, 2.24) is 14.9 Å². The molecular weight excluding hydrogens is 494 g/mol. The Balaban J connectivity index is 1.24. The summed E-state index contributed by atoms with van der Waals surface area (Å²) in [4.78, 5) is 24.8. The average molecular weight is 530 g/mol. The van der Waals surface area contributed by atoms with E-state index in [1.165, 1.54) is 5.56 Å². The summed E-state index contributed by atoms with van der Waals surface area (Å²) in [6.07, 6.45) is 1.90. The van der Waals surface area contributed by atoms with Crippen LogP contribution in [0.3, 0.4) is 0 Å². The molecule has 5 rings (SSSR count). The van der Waals surface area contributed by atoms with Crippen molar-refractivity contribution >= 4 is 34.1 Å². The fourth-order valence-corrected chi connectivity index (χ4v) is 4.82. The third-order valence-electron chi connectivity index (χ3n) is 6.87. The zero-order valence-electron chi connectivity index (χ0n) is 23.3. The summed E-state index contributed by atoms with van der Waals surface area (Å²) in [7, 11) is 2.11. The molecule has 6 heteroatoms. The van der Waals surface area contributed by atoms with Crippen LogP contribution in [0.15, 0.2) is 97.1 Å². The minimum atomic E-state index is -0.142.